The van der Waals surface area contributed by atoms with Crippen molar-refractivity contribution in [2.24, 2.45) is 0 Å². The zero-order valence-corrected chi connectivity index (χ0v) is 24.8. The fourth-order valence-electron chi connectivity index (χ4n) is 5.14. The molecule has 0 spiro atoms. The second-order valence-corrected chi connectivity index (χ2v) is 12.2. The molecule has 0 bridgehead atoms. The third kappa shape index (κ3) is 6.14. The Morgan fingerprint density at radius 2 is 2.08 bits per heavy atom. The van der Waals surface area contributed by atoms with Gasteiger partial charge in [-0.1, -0.05) is 47.2 Å². The third-order valence-electron chi connectivity index (χ3n) is 7.00. The highest BCUT2D eigenvalue weighted by Gasteiger charge is 2.40. The molecular weight excluding hydrogens is 599 g/mol. The van der Waals surface area contributed by atoms with Crippen LogP contribution in [0.1, 0.15) is 55.9 Å². The van der Waals surface area contributed by atoms with Gasteiger partial charge in [-0.05, 0) is 75.0 Å². The Morgan fingerprint density at radius 3 is 2.76 bits per heavy atom. The fraction of sp³-hybridized carbons (Fsp3) is 0.448. The number of methoxy groups -OCH3 is 1. The minimum absolute atomic E-state index is 0.00694. The number of aromatic nitrogens is 1. The number of halogens is 2. The number of nitriles is 1. The fourth-order valence-corrected chi connectivity index (χ4v) is 6.82. The monoisotopic (exact) mass is 632 g/mol. The lowest BCUT2D eigenvalue weighted by Gasteiger charge is -2.36. The molecular formula is C29H34ClIN4O2. The van der Waals surface area contributed by atoms with Gasteiger partial charge in [0.15, 0.2) is 0 Å². The first kappa shape index (κ1) is 27.9. The molecule has 3 aromatic rings. The molecule has 1 N–H and O–H groups in total. The first-order chi connectivity index (χ1) is 17.8. The van der Waals surface area contributed by atoms with Crippen LogP contribution in [0, 0.1) is 11.3 Å². The summed E-state index contributed by atoms with van der Waals surface area (Å²) in [7, 11) is 1.61. The lowest BCUT2D eigenvalue weighted by atomic mass is 10.0. The SMILES string of the molecule is CCc1cc(C#N)cc2c(NCc3ccc(OC)c(Cl)c3)c(COC[C@@]3(I)CCCN3C(C)C)cnc12. The second kappa shape index (κ2) is 12.2. The van der Waals surface area contributed by atoms with E-state index in [4.69, 9.17) is 26.1 Å². The van der Waals surface area contributed by atoms with E-state index in [9.17, 15) is 5.26 Å². The van der Waals surface area contributed by atoms with E-state index in [-0.39, 0.29) is 3.55 Å². The minimum Gasteiger partial charge on any atom is -0.495 e. The number of benzene rings is 2. The van der Waals surface area contributed by atoms with Crippen LogP contribution >= 0.6 is 34.2 Å². The van der Waals surface area contributed by atoms with Crippen molar-refractivity contribution in [2.75, 3.05) is 25.6 Å². The van der Waals surface area contributed by atoms with Crippen molar-refractivity contribution in [3.63, 3.8) is 0 Å². The number of rotatable bonds is 10. The van der Waals surface area contributed by atoms with Crippen molar-refractivity contribution in [3.05, 3.63) is 63.8 Å². The first-order valence-corrected chi connectivity index (χ1v) is 14.2. The Morgan fingerprint density at radius 1 is 1.27 bits per heavy atom. The average Bonchev–Trinajstić information content (AvgIpc) is 3.28. The van der Waals surface area contributed by atoms with Gasteiger partial charge in [0.25, 0.3) is 0 Å². The summed E-state index contributed by atoms with van der Waals surface area (Å²) in [4.78, 5) is 7.34. The largest absolute Gasteiger partial charge is 0.495 e. The van der Waals surface area contributed by atoms with Crippen LogP contribution in [-0.4, -0.2) is 39.7 Å². The van der Waals surface area contributed by atoms with Gasteiger partial charge >= 0.3 is 0 Å². The standard InChI is InChI=1S/C29H34ClIN4O2/c1-5-22-11-21(14-32)12-24-27(22)34-16-23(17-37-18-29(31)9-6-10-35(29)19(2)3)28(24)33-15-20-7-8-26(36-4)25(30)13-20/h7-8,11-13,16,19H,5-6,9-10,15,17-18H2,1-4H3,(H,33,34)/t29-/m1/s1. The Hall–Kier alpha value is -2.12. The number of nitrogens with one attached hydrogen (secondary N) is 1. The number of likely N-dealkylation sites (tertiary alicyclic amines) is 1. The summed E-state index contributed by atoms with van der Waals surface area (Å²) in [6.45, 7) is 9.33. The van der Waals surface area contributed by atoms with Crippen molar-refractivity contribution < 1.29 is 9.47 Å². The van der Waals surface area contributed by atoms with E-state index in [1.165, 1.54) is 6.42 Å². The first-order valence-electron chi connectivity index (χ1n) is 12.7. The average molecular weight is 633 g/mol. The Kier molecular flexibility index (Phi) is 9.17. The number of fused-ring (bicyclic) bond motifs is 1. The molecule has 2 heterocycles. The summed E-state index contributed by atoms with van der Waals surface area (Å²) in [5.74, 6) is 0.648. The van der Waals surface area contributed by atoms with Crippen LogP contribution in [0.4, 0.5) is 5.69 Å². The predicted octanol–water partition coefficient (Wildman–Crippen LogP) is 7.10. The highest BCUT2D eigenvalue weighted by molar-refractivity contribution is 14.1. The van der Waals surface area contributed by atoms with E-state index in [2.05, 4.69) is 59.6 Å². The smallest absolute Gasteiger partial charge is 0.137 e. The maximum Gasteiger partial charge on any atom is 0.137 e. The van der Waals surface area contributed by atoms with Gasteiger partial charge in [-0.15, -0.1) is 0 Å². The van der Waals surface area contributed by atoms with Gasteiger partial charge in [0.1, 0.15) is 5.75 Å². The van der Waals surface area contributed by atoms with Gasteiger partial charge in [0, 0.05) is 29.7 Å². The van der Waals surface area contributed by atoms with Crippen molar-refractivity contribution in [2.45, 2.75) is 62.8 Å². The molecule has 1 aliphatic rings. The molecule has 6 nitrogen and oxygen atoms in total. The summed E-state index contributed by atoms with van der Waals surface area (Å²) in [5, 5.41) is 14.8. The van der Waals surface area contributed by atoms with E-state index in [1.54, 1.807) is 7.11 Å². The highest BCUT2D eigenvalue weighted by atomic mass is 127. The van der Waals surface area contributed by atoms with Gasteiger partial charge in [-0.2, -0.15) is 5.26 Å². The molecule has 0 amide bonds. The summed E-state index contributed by atoms with van der Waals surface area (Å²) in [5.41, 5.74) is 5.54. The normalized spacial score (nSPS) is 17.9. The molecule has 8 heteroatoms. The number of hydrogen-bond donors (Lipinski definition) is 1. The molecule has 1 fully saturated rings. The van der Waals surface area contributed by atoms with Crippen LogP contribution < -0.4 is 10.1 Å². The third-order valence-corrected chi connectivity index (χ3v) is 8.77. The Balaban J connectivity index is 1.65. The number of pyridine rings is 1. The van der Waals surface area contributed by atoms with Crippen molar-refractivity contribution >= 4 is 50.8 Å². The molecule has 0 unspecified atom stereocenters. The number of hydrogen-bond acceptors (Lipinski definition) is 6. The van der Waals surface area contributed by atoms with Crippen molar-refractivity contribution in [3.8, 4) is 11.8 Å². The molecule has 1 saturated heterocycles. The number of anilines is 1. The topological polar surface area (TPSA) is 70.4 Å². The maximum atomic E-state index is 9.68. The quantitative estimate of drug-likeness (QED) is 0.146. The van der Waals surface area contributed by atoms with Crippen LogP contribution in [0.5, 0.6) is 5.75 Å². The van der Waals surface area contributed by atoms with Crippen LogP contribution in [0.15, 0.2) is 36.5 Å². The summed E-state index contributed by atoms with van der Waals surface area (Å²) >= 11 is 8.94. The zero-order chi connectivity index (χ0) is 26.6. The Labute approximate surface area is 238 Å². The van der Waals surface area contributed by atoms with Crippen LogP contribution in [0.2, 0.25) is 5.02 Å². The molecule has 37 heavy (non-hydrogen) atoms. The molecule has 4 rings (SSSR count). The molecule has 0 radical (unpaired) electrons. The molecule has 1 aliphatic heterocycles. The van der Waals surface area contributed by atoms with Crippen LogP contribution in [0.3, 0.4) is 0 Å². The Bertz CT molecular complexity index is 1310. The van der Waals surface area contributed by atoms with E-state index in [1.807, 2.05) is 36.5 Å². The summed E-state index contributed by atoms with van der Waals surface area (Å²) in [6, 6.07) is 12.4. The minimum atomic E-state index is 0.00694. The number of nitrogens with zero attached hydrogens (tertiary/aromatic N) is 3. The molecule has 0 aliphatic carbocycles. The van der Waals surface area contributed by atoms with Gasteiger partial charge in [-0.25, -0.2) is 0 Å². The van der Waals surface area contributed by atoms with Crippen LogP contribution in [0.25, 0.3) is 10.9 Å². The predicted molar refractivity (Wildman–Crippen MR) is 159 cm³/mol. The number of aryl methyl sites for hydroxylation is 1. The number of ether oxygens (including phenoxy) is 2. The summed E-state index contributed by atoms with van der Waals surface area (Å²) < 4.78 is 11.7. The van der Waals surface area contributed by atoms with Crippen molar-refractivity contribution in [1.29, 1.82) is 5.26 Å². The molecule has 1 atom stereocenters. The van der Waals surface area contributed by atoms with Gasteiger partial charge < -0.3 is 14.8 Å². The van der Waals surface area contributed by atoms with E-state index in [0.29, 0.717) is 42.1 Å². The van der Waals surface area contributed by atoms with Crippen LogP contribution in [-0.2, 0) is 24.3 Å². The van der Waals surface area contributed by atoms with Gasteiger partial charge in [0.05, 0.1) is 51.7 Å². The van der Waals surface area contributed by atoms with E-state index < -0.39 is 0 Å². The molecule has 2 aromatic carbocycles. The zero-order valence-electron chi connectivity index (χ0n) is 21.9. The highest BCUT2D eigenvalue weighted by Crippen LogP contribution is 2.38. The lowest BCUT2D eigenvalue weighted by molar-refractivity contribution is 0.0489. The summed E-state index contributed by atoms with van der Waals surface area (Å²) in [6.07, 6.45) is 5.02. The van der Waals surface area contributed by atoms with Gasteiger partial charge in [0.2, 0.25) is 0 Å². The van der Waals surface area contributed by atoms with Crippen molar-refractivity contribution in [1.82, 2.24) is 9.88 Å². The second-order valence-electron chi connectivity index (χ2n) is 9.78. The number of alkyl halides is 1. The lowest BCUT2D eigenvalue weighted by Crippen LogP contribution is -2.45. The molecule has 1 aromatic heterocycles. The maximum absolute atomic E-state index is 9.68. The molecule has 196 valence electrons. The van der Waals surface area contributed by atoms with E-state index in [0.717, 1.165) is 52.7 Å². The van der Waals surface area contributed by atoms with E-state index >= 15 is 0 Å². The molecule has 0 saturated carbocycles. The van der Waals surface area contributed by atoms with Gasteiger partial charge in [-0.3, -0.25) is 9.88 Å².